The Morgan fingerprint density at radius 2 is 0.962 bits per heavy atom. The van der Waals surface area contributed by atoms with Crippen molar-refractivity contribution >= 4 is 0 Å². The fraction of sp³-hybridized carbons (Fsp3) is 0.698. The van der Waals surface area contributed by atoms with Crippen LogP contribution in [0.15, 0.2) is 61.6 Å². The van der Waals surface area contributed by atoms with Crippen LogP contribution < -0.4 is 0 Å². The molecular weight excluding hydrogens is 647 g/mol. The third kappa shape index (κ3) is 29.7. The standard InChI is InChI=1S/C8H17NO.C8H11N.2C7H10N2.C7H15NO.6CH4/c1-8(2)9-4-3-6-10-7-5-9;1-7(2)8-3-5-9-6-4-8;1-6(2)7-3-4-8-5-9-7;1-6(2)7-3-4-8-9-5-7;1-7(2)8-3-5-9-6-4-8;;;;;;/h8H,3-7H2,1-2H3;3-7H,1-2H3;2*3-6H,1-2H3;7H,3-6H2,1-2H3;6*1H4. The van der Waals surface area contributed by atoms with Crippen molar-refractivity contribution in [3.05, 3.63) is 78.4 Å². The zero-order chi connectivity index (χ0) is 34.2. The number of ether oxygens (including phenoxy) is 2. The van der Waals surface area contributed by atoms with Crippen LogP contribution in [0.25, 0.3) is 0 Å². The molecule has 2 aliphatic rings. The van der Waals surface area contributed by atoms with Crippen molar-refractivity contribution in [2.45, 2.75) is 150 Å². The molecule has 9 nitrogen and oxygen atoms in total. The maximum atomic E-state index is 5.33. The van der Waals surface area contributed by atoms with Gasteiger partial charge in [-0.15, -0.1) is 0 Å². The first-order valence-corrected chi connectivity index (χ1v) is 17.1. The Morgan fingerprint density at radius 1 is 0.500 bits per heavy atom. The summed E-state index contributed by atoms with van der Waals surface area (Å²) in [5.41, 5.74) is 3.69. The van der Waals surface area contributed by atoms with Crippen LogP contribution in [0.3, 0.4) is 0 Å². The monoisotopic (exact) mass is 734 g/mol. The van der Waals surface area contributed by atoms with Gasteiger partial charge in [0.15, 0.2) is 0 Å². The molecule has 2 aliphatic heterocycles. The van der Waals surface area contributed by atoms with Crippen LogP contribution in [0.2, 0.25) is 0 Å². The normalized spacial score (nSPS) is 13.7. The van der Waals surface area contributed by atoms with Gasteiger partial charge in [0.05, 0.1) is 26.0 Å². The Hall–Kier alpha value is -2.85. The van der Waals surface area contributed by atoms with Crippen molar-refractivity contribution in [3.8, 4) is 0 Å². The second-order valence-electron chi connectivity index (χ2n) is 12.9. The lowest BCUT2D eigenvalue weighted by molar-refractivity contribution is 0.0238. The Kier molecular flexibility index (Phi) is 44.6. The molecule has 2 fully saturated rings. The molecular formula is C43H87N7O2. The Bertz CT molecular complexity index is 969. The minimum atomic E-state index is 0. The summed E-state index contributed by atoms with van der Waals surface area (Å²) in [7, 11) is 0. The highest BCUT2D eigenvalue weighted by molar-refractivity contribution is 5.13. The zero-order valence-electron chi connectivity index (χ0n) is 30.5. The maximum Gasteiger partial charge on any atom is 0.115 e. The summed E-state index contributed by atoms with van der Waals surface area (Å²) in [6.45, 7) is 30.0. The number of aromatic nitrogens is 5. The lowest BCUT2D eigenvalue weighted by atomic mass is 10.1. The molecule has 5 rings (SSSR count). The van der Waals surface area contributed by atoms with Crippen molar-refractivity contribution in [2.24, 2.45) is 0 Å². The minimum absolute atomic E-state index is 0. The SMILES string of the molecule is C.C.C.C.C.C.CC(C)N1CCCOCC1.CC(C)N1CCOCC1.CC(C)c1ccncc1.CC(C)c1ccncn1.CC(C)c1ccnnc1. The number of pyridine rings is 1. The average Bonchev–Trinajstić information content (AvgIpc) is 3.38. The van der Waals surface area contributed by atoms with E-state index in [0.717, 1.165) is 51.8 Å². The third-order valence-electron chi connectivity index (χ3n) is 7.61. The first-order valence-electron chi connectivity index (χ1n) is 17.1. The molecule has 0 amide bonds. The average molecular weight is 734 g/mol. The highest BCUT2D eigenvalue weighted by Gasteiger charge is 2.12. The smallest absolute Gasteiger partial charge is 0.115 e. The Balaban J connectivity index is -0.000000124. The minimum Gasteiger partial charge on any atom is -0.380 e. The molecule has 0 aromatic carbocycles. The largest absolute Gasteiger partial charge is 0.380 e. The number of nitrogens with zero attached hydrogens (tertiary/aromatic N) is 7. The summed E-state index contributed by atoms with van der Waals surface area (Å²) in [5.74, 6) is 1.68. The summed E-state index contributed by atoms with van der Waals surface area (Å²) in [6.07, 6.45) is 11.7. The van der Waals surface area contributed by atoms with E-state index in [-0.39, 0.29) is 44.6 Å². The fourth-order valence-corrected chi connectivity index (χ4v) is 4.41. The maximum absolute atomic E-state index is 5.33. The van der Waals surface area contributed by atoms with Gasteiger partial charge in [-0.3, -0.25) is 14.8 Å². The highest BCUT2D eigenvalue weighted by Crippen LogP contribution is 2.11. The van der Waals surface area contributed by atoms with E-state index in [1.807, 2.05) is 36.7 Å². The van der Waals surface area contributed by atoms with E-state index < -0.39 is 0 Å². The van der Waals surface area contributed by atoms with Crippen LogP contribution in [-0.4, -0.2) is 99.6 Å². The van der Waals surface area contributed by atoms with Gasteiger partial charge in [0.1, 0.15) is 6.33 Å². The van der Waals surface area contributed by atoms with E-state index in [0.29, 0.717) is 29.8 Å². The molecule has 52 heavy (non-hydrogen) atoms. The molecule has 2 saturated heterocycles. The number of morpholine rings is 1. The van der Waals surface area contributed by atoms with Gasteiger partial charge in [-0.25, -0.2) is 9.97 Å². The number of hydrogen-bond acceptors (Lipinski definition) is 9. The van der Waals surface area contributed by atoms with Crippen molar-refractivity contribution in [3.63, 3.8) is 0 Å². The van der Waals surface area contributed by atoms with Crippen molar-refractivity contribution in [1.82, 2.24) is 34.9 Å². The molecule has 5 heterocycles. The van der Waals surface area contributed by atoms with E-state index in [1.54, 1.807) is 24.9 Å². The Labute approximate surface area is 324 Å². The molecule has 0 saturated carbocycles. The lowest BCUT2D eigenvalue weighted by Crippen LogP contribution is -2.40. The van der Waals surface area contributed by atoms with Crippen molar-refractivity contribution < 1.29 is 9.47 Å². The molecule has 9 heteroatoms. The van der Waals surface area contributed by atoms with Gasteiger partial charge in [0, 0.05) is 75.4 Å². The molecule has 0 bridgehead atoms. The first kappa shape index (κ1) is 61.2. The van der Waals surface area contributed by atoms with Crippen LogP contribution in [0, 0.1) is 0 Å². The van der Waals surface area contributed by atoms with E-state index >= 15 is 0 Å². The van der Waals surface area contributed by atoms with Crippen LogP contribution in [0.1, 0.15) is 155 Å². The van der Waals surface area contributed by atoms with Crippen molar-refractivity contribution in [1.29, 1.82) is 0 Å². The second kappa shape index (κ2) is 37.9. The molecule has 0 aliphatic carbocycles. The quantitative estimate of drug-likeness (QED) is 0.254. The topological polar surface area (TPSA) is 89.4 Å². The van der Waals surface area contributed by atoms with Crippen molar-refractivity contribution in [2.75, 3.05) is 52.6 Å². The highest BCUT2D eigenvalue weighted by atomic mass is 16.5. The molecule has 306 valence electrons. The van der Waals surface area contributed by atoms with E-state index in [9.17, 15) is 0 Å². The summed E-state index contributed by atoms with van der Waals surface area (Å²) in [6, 6.07) is 9.38. The van der Waals surface area contributed by atoms with Crippen LogP contribution in [-0.2, 0) is 9.47 Å². The third-order valence-corrected chi connectivity index (χ3v) is 7.61. The van der Waals surface area contributed by atoms with Gasteiger partial charge in [0.2, 0.25) is 0 Å². The summed E-state index contributed by atoms with van der Waals surface area (Å²) < 4.78 is 10.5. The zero-order valence-corrected chi connectivity index (χ0v) is 30.5. The first-order chi connectivity index (χ1) is 22.0. The number of rotatable bonds is 5. The van der Waals surface area contributed by atoms with Crippen LogP contribution in [0.4, 0.5) is 0 Å². The second-order valence-corrected chi connectivity index (χ2v) is 12.9. The number of hydrogen-bond donors (Lipinski definition) is 0. The van der Waals surface area contributed by atoms with Crippen LogP contribution >= 0.6 is 0 Å². The lowest BCUT2D eigenvalue weighted by Gasteiger charge is -2.29. The summed E-state index contributed by atoms with van der Waals surface area (Å²) in [4.78, 5) is 16.7. The molecule has 0 atom stereocenters. The Morgan fingerprint density at radius 3 is 1.31 bits per heavy atom. The molecule has 0 spiro atoms. The van der Waals surface area contributed by atoms with Gasteiger partial charge in [-0.05, 0) is 87.3 Å². The van der Waals surface area contributed by atoms with E-state index in [1.165, 1.54) is 24.1 Å². The predicted molar refractivity (Wildman–Crippen MR) is 231 cm³/mol. The van der Waals surface area contributed by atoms with Gasteiger partial charge in [0.25, 0.3) is 0 Å². The summed E-state index contributed by atoms with van der Waals surface area (Å²) >= 11 is 0. The predicted octanol–water partition coefficient (Wildman–Crippen LogP) is 11.1. The van der Waals surface area contributed by atoms with Crippen LogP contribution in [0.5, 0.6) is 0 Å². The van der Waals surface area contributed by atoms with Gasteiger partial charge in [-0.2, -0.15) is 10.2 Å². The van der Waals surface area contributed by atoms with E-state index in [2.05, 4.69) is 104 Å². The summed E-state index contributed by atoms with van der Waals surface area (Å²) in [5, 5.41) is 7.43. The van der Waals surface area contributed by atoms with Gasteiger partial charge in [-0.1, -0.05) is 86.1 Å². The molecule has 0 N–H and O–H groups in total. The van der Waals surface area contributed by atoms with E-state index in [4.69, 9.17) is 9.47 Å². The van der Waals surface area contributed by atoms with Gasteiger partial charge < -0.3 is 9.47 Å². The fourth-order valence-electron chi connectivity index (χ4n) is 4.41. The molecule has 3 aromatic heterocycles. The molecule has 0 unspecified atom stereocenters. The van der Waals surface area contributed by atoms with Gasteiger partial charge >= 0.3 is 0 Å². The molecule has 3 aromatic rings. The molecule has 0 radical (unpaired) electrons.